The molecule has 0 saturated carbocycles. The molecule has 0 radical (unpaired) electrons. The first-order valence-electron chi connectivity index (χ1n) is 7.22. The minimum Gasteiger partial charge on any atom is -0.771 e. The number of hydrogen-bond donors (Lipinski definition) is 2. The lowest BCUT2D eigenvalue weighted by Crippen LogP contribution is -2.41. The Morgan fingerprint density at radius 3 is 2.00 bits per heavy atom. The van der Waals surface area contributed by atoms with Crippen molar-refractivity contribution in [2.24, 2.45) is 5.73 Å². The largest absolute Gasteiger partial charge is 0.771 e. The third-order valence-corrected chi connectivity index (χ3v) is 3.92. The van der Waals surface area contributed by atoms with E-state index in [0.717, 1.165) is 19.3 Å². The van der Waals surface area contributed by atoms with Gasteiger partial charge < -0.3 is 15.6 Å². The van der Waals surface area contributed by atoms with Gasteiger partial charge in [0.2, 0.25) is 0 Å². The van der Waals surface area contributed by atoms with Crippen LogP contribution in [-0.2, 0) is 11.1 Å². The molecule has 0 spiro atoms. The molecule has 0 aliphatic carbocycles. The van der Waals surface area contributed by atoms with Gasteiger partial charge in [0, 0.05) is 0 Å². The third-order valence-electron chi connectivity index (χ3n) is 3.11. The number of carbonyl (C=O) groups excluding carboxylic acids is 1. The first-order chi connectivity index (χ1) is 9.07. The Labute approximate surface area is 119 Å². The zero-order valence-electron chi connectivity index (χ0n) is 11.9. The van der Waals surface area contributed by atoms with E-state index in [1.54, 1.807) is 0 Å². The molecule has 0 heterocycles. The van der Waals surface area contributed by atoms with Crippen molar-refractivity contribution in [1.29, 1.82) is 0 Å². The molecule has 0 aromatic carbocycles. The molecule has 0 fully saturated rings. The number of carbonyl (C=O) groups is 1. The van der Waals surface area contributed by atoms with Crippen molar-refractivity contribution in [1.82, 2.24) is 5.32 Å². The Balaban J connectivity index is 3.45. The van der Waals surface area contributed by atoms with Crippen LogP contribution < -0.4 is 11.1 Å². The number of nitrogens with two attached hydrogens (primary N) is 1. The predicted molar refractivity (Wildman–Crippen MR) is 77.3 cm³/mol. The molecule has 3 N–H and O–H groups in total. The quantitative estimate of drug-likeness (QED) is 0.427. The average molecular weight is 291 g/mol. The first-order valence-corrected chi connectivity index (χ1v) is 8.35. The summed E-state index contributed by atoms with van der Waals surface area (Å²) >= 11 is -2.30. The van der Waals surface area contributed by atoms with Crippen molar-refractivity contribution in [3.63, 3.8) is 0 Å². The zero-order valence-corrected chi connectivity index (χ0v) is 12.7. The van der Waals surface area contributed by atoms with Gasteiger partial charge in [0.1, 0.15) is 0 Å². The van der Waals surface area contributed by atoms with Crippen LogP contribution in [0.3, 0.4) is 0 Å². The summed E-state index contributed by atoms with van der Waals surface area (Å²) in [5.74, 6) is 0. The monoisotopic (exact) mass is 291 g/mol. The van der Waals surface area contributed by atoms with Gasteiger partial charge in [-0.25, -0.2) is 4.79 Å². The fourth-order valence-corrected chi connectivity index (χ4v) is 2.59. The lowest BCUT2D eigenvalue weighted by Gasteiger charge is -2.19. The summed E-state index contributed by atoms with van der Waals surface area (Å²) in [6.45, 7) is 2.20. The van der Waals surface area contributed by atoms with Crippen LogP contribution in [0.2, 0.25) is 0 Å². The van der Waals surface area contributed by atoms with Crippen molar-refractivity contribution in [3.8, 4) is 0 Å². The van der Waals surface area contributed by atoms with Gasteiger partial charge in [0.15, 0.2) is 0 Å². The molecule has 2 amide bonds. The maximum Gasteiger partial charge on any atom is 0.313 e. The van der Waals surface area contributed by atoms with Crippen LogP contribution in [0.15, 0.2) is 0 Å². The van der Waals surface area contributed by atoms with Gasteiger partial charge in [-0.2, -0.15) is 0 Å². The molecular weight excluding hydrogens is 264 g/mol. The smallest absolute Gasteiger partial charge is 0.313 e. The highest BCUT2D eigenvalue weighted by Gasteiger charge is 2.10. The molecule has 0 saturated heterocycles. The lowest BCUT2D eigenvalue weighted by atomic mass is 10.1. The van der Waals surface area contributed by atoms with Gasteiger partial charge in [-0.15, -0.1) is 0 Å². The number of hydrogen-bond acceptors (Lipinski definition) is 3. The highest BCUT2D eigenvalue weighted by Crippen LogP contribution is 2.12. The van der Waals surface area contributed by atoms with E-state index in [1.165, 1.54) is 38.5 Å². The van der Waals surface area contributed by atoms with E-state index < -0.39 is 22.5 Å². The second-order valence-electron chi connectivity index (χ2n) is 4.87. The fraction of sp³-hybridized carbons (Fsp3) is 0.923. The number of primary amides is 1. The average Bonchev–Trinajstić information content (AvgIpc) is 2.34. The molecule has 6 heteroatoms. The maximum atomic E-state index is 10.8. The van der Waals surface area contributed by atoms with Gasteiger partial charge in [0.05, 0.1) is 5.37 Å². The van der Waals surface area contributed by atoms with Crippen LogP contribution in [0, 0.1) is 0 Å². The van der Waals surface area contributed by atoms with Crippen molar-refractivity contribution < 1.29 is 13.6 Å². The summed E-state index contributed by atoms with van der Waals surface area (Å²) in [6, 6.07) is -0.787. The molecule has 0 aliphatic heterocycles. The molecule has 2 atom stereocenters. The number of unbranched alkanes of at least 4 members (excludes halogenated alkanes) is 8. The van der Waals surface area contributed by atoms with E-state index in [9.17, 15) is 13.6 Å². The topological polar surface area (TPSA) is 95.2 Å². The molecule has 0 aliphatic rings. The van der Waals surface area contributed by atoms with Crippen LogP contribution in [0.4, 0.5) is 4.79 Å². The van der Waals surface area contributed by atoms with Gasteiger partial charge >= 0.3 is 6.03 Å². The van der Waals surface area contributed by atoms with Crippen molar-refractivity contribution in [2.75, 3.05) is 0 Å². The summed E-state index contributed by atoms with van der Waals surface area (Å²) < 4.78 is 21.7. The van der Waals surface area contributed by atoms with E-state index in [0.29, 0.717) is 6.42 Å². The summed E-state index contributed by atoms with van der Waals surface area (Å²) in [5.41, 5.74) is 4.92. The van der Waals surface area contributed by atoms with E-state index in [1.807, 2.05) is 0 Å². The van der Waals surface area contributed by atoms with Crippen LogP contribution in [-0.4, -0.2) is 20.2 Å². The zero-order chi connectivity index (χ0) is 14.5. The molecule has 2 unspecified atom stereocenters. The molecule has 19 heavy (non-hydrogen) atoms. The molecule has 5 nitrogen and oxygen atoms in total. The minimum absolute atomic E-state index is 0.439. The van der Waals surface area contributed by atoms with E-state index in [-0.39, 0.29) is 0 Å². The number of amides is 2. The Hall–Kier alpha value is -0.620. The second kappa shape index (κ2) is 12.4. The number of nitrogens with one attached hydrogen (secondary N) is 1. The Bertz CT molecular complexity index is 262. The van der Waals surface area contributed by atoms with Crippen molar-refractivity contribution in [3.05, 3.63) is 0 Å². The highest BCUT2D eigenvalue weighted by molar-refractivity contribution is 7.79. The summed E-state index contributed by atoms with van der Waals surface area (Å²) in [5, 5.41) is 1.39. The summed E-state index contributed by atoms with van der Waals surface area (Å²) in [4.78, 5) is 10.6. The normalized spacial score (nSPS) is 14.0. The minimum atomic E-state index is -2.30. The Morgan fingerprint density at radius 1 is 1.11 bits per heavy atom. The first kappa shape index (κ1) is 18.4. The van der Waals surface area contributed by atoms with Gasteiger partial charge in [-0.05, 0) is 17.5 Å². The van der Waals surface area contributed by atoms with Crippen molar-refractivity contribution >= 4 is 17.1 Å². The maximum absolute atomic E-state index is 10.8. The Morgan fingerprint density at radius 2 is 1.58 bits per heavy atom. The van der Waals surface area contributed by atoms with Gasteiger partial charge in [0.25, 0.3) is 0 Å². The summed E-state index contributed by atoms with van der Waals surface area (Å²) in [7, 11) is 0. The standard InChI is InChI=1S/C13H28N2O3S/c1-2-3-4-5-6-7-8-9-10-11-12(19(17)18)15-13(14)16/h12H,2-11H2,1H3,(H,17,18)(H3,14,15,16)/p-1. The molecule has 0 rings (SSSR count). The van der Waals surface area contributed by atoms with Crippen LogP contribution in [0.25, 0.3) is 0 Å². The van der Waals surface area contributed by atoms with Gasteiger partial charge in [-0.3, -0.25) is 4.21 Å². The van der Waals surface area contributed by atoms with Crippen LogP contribution >= 0.6 is 0 Å². The SMILES string of the molecule is CCCCCCCCCCCC(NC(N)=O)S(=O)[O-]. The third kappa shape index (κ3) is 12.2. The van der Waals surface area contributed by atoms with Gasteiger partial charge in [-0.1, -0.05) is 64.7 Å². The predicted octanol–water partition coefficient (Wildman–Crippen LogP) is 2.78. The fourth-order valence-electron chi connectivity index (χ4n) is 2.02. The molecule has 114 valence electrons. The number of rotatable bonds is 12. The molecule has 0 aromatic rings. The van der Waals surface area contributed by atoms with E-state index >= 15 is 0 Å². The highest BCUT2D eigenvalue weighted by atomic mass is 32.2. The van der Waals surface area contributed by atoms with Crippen molar-refractivity contribution in [2.45, 2.75) is 76.5 Å². The van der Waals surface area contributed by atoms with Crippen LogP contribution in [0.1, 0.15) is 71.1 Å². The Kier molecular flexibility index (Phi) is 12.0. The molecule has 0 bridgehead atoms. The summed E-state index contributed by atoms with van der Waals surface area (Å²) in [6.07, 6.45) is 11.0. The molecule has 0 aromatic heterocycles. The van der Waals surface area contributed by atoms with Crippen LogP contribution in [0.5, 0.6) is 0 Å². The van der Waals surface area contributed by atoms with E-state index in [4.69, 9.17) is 5.73 Å². The molecular formula is C13H27N2O3S-. The number of urea groups is 1. The van der Waals surface area contributed by atoms with E-state index in [2.05, 4.69) is 12.2 Å². The second-order valence-corrected chi connectivity index (χ2v) is 5.96. The lowest BCUT2D eigenvalue weighted by molar-refractivity contribution is 0.247.